The van der Waals surface area contributed by atoms with Gasteiger partial charge in [0.25, 0.3) is 0 Å². The smallest absolute Gasteiger partial charge is 0.0206 e. The molecule has 0 nitrogen and oxygen atoms in total. The first-order valence-electron chi connectivity index (χ1n) is 5.32. The van der Waals surface area contributed by atoms with Gasteiger partial charge in [0.15, 0.2) is 0 Å². The number of rotatable bonds is 6. The summed E-state index contributed by atoms with van der Waals surface area (Å²) >= 11 is 0. The van der Waals surface area contributed by atoms with Gasteiger partial charge in [0.2, 0.25) is 0 Å². The molecule has 0 aliphatic carbocycles. The summed E-state index contributed by atoms with van der Waals surface area (Å²) in [5.41, 5.74) is 1.45. The summed E-state index contributed by atoms with van der Waals surface area (Å²) in [6, 6.07) is 0. The van der Waals surface area contributed by atoms with E-state index in [1.54, 1.807) is 0 Å². The lowest BCUT2D eigenvalue weighted by molar-refractivity contribution is 0.475. The van der Waals surface area contributed by atoms with Crippen molar-refractivity contribution in [3.05, 3.63) is 12.2 Å². The Morgan fingerprint density at radius 3 is 2.17 bits per heavy atom. The van der Waals surface area contributed by atoms with E-state index in [0.717, 1.165) is 5.92 Å². The third-order valence-electron chi connectivity index (χ3n) is 2.66. The average Bonchev–Trinajstić information content (AvgIpc) is 2.05. The molecule has 72 valence electrons. The zero-order chi connectivity index (χ0) is 9.56. The Morgan fingerprint density at radius 1 is 1.25 bits per heavy atom. The fourth-order valence-corrected chi connectivity index (χ4v) is 1.57. The van der Waals surface area contributed by atoms with E-state index in [4.69, 9.17) is 0 Å². The van der Waals surface area contributed by atoms with Crippen molar-refractivity contribution < 1.29 is 0 Å². The fraction of sp³-hybridized carbons (Fsp3) is 0.833. The molecule has 0 N–H and O–H groups in total. The zero-order valence-electron chi connectivity index (χ0n) is 9.19. The van der Waals surface area contributed by atoms with E-state index >= 15 is 0 Å². The second kappa shape index (κ2) is 6.28. The lowest BCUT2D eigenvalue weighted by atomic mass is 9.86. The molecule has 0 saturated heterocycles. The molecule has 0 saturated carbocycles. The van der Waals surface area contributed by atoms with E-state index < -0.39 is 0 Å². The topological polar surface area (TPSA) is 0 Å². The first-order valence-corrected chi connectivity index (χ1v) is 5.32. The lowest BCUT2D eigenvalue weighted by Crippen LogP contribution is -2.07. The Labute approximate surface area is 78.1 Å². The monoisotopic (exact) mass is 168 g/mol. The van der Waals surface area contributed by atoms with Crippen LogP contribution in [0, 0.1) is 11.8 Å². The highest BCUT2D eigenvalue weighted by molar-refractivity contribution is 5.02. The van der Waals surface area contributed by atoms with Crippen LogP contribution in [0.3, 0.4) is 0 Å². The van der Waals surface area contributed by atoms with Crippen LogP contribution in [0.5, 0.6) is 0 Å². The Bertz CT molecular complexity index is 122. The summed E-state index contributed by atoms with van der Waals surface area (Å²) in [6.07, 6.45) is 5.26. The molecule has 0 heterocycles. The SMILES string of the molecule is C=C(C(C)C)C(CC)CCCC. The molecule has 0 aromatic rings. The van der Waals surface area contributed by atoms with Crippen molar-refractivity contribution in [1.82, 2.24) is 0 Å². The summed E-state index contributed by atoms with van der Waals surface area (Å²) in [5.74, 6) is 1.43. The second-order valence-corrected chi connectivity index (χ2v) is 3.98. The van der Waals surface area contributed by atoms with Gasteiger partial charge >= 0.3 is 0 Å². The normalized spacial score (nSPS) is 13.4. The highest BCUT2D eigenvalue weighted by atomic mass is 14.2. The average molecular weight is 168 g/mol. The molecule has 0 aromatic carbocycles. The molecule has 0 aliphatic heterocycles. The highest BCUT2D eigenvalue weighted by Crippen LogP contribution is 2.25. The maximum Gasteiger partial charge on any atom is -0.0206 e. The fourth-order valence-electron chi connectivity index (χ4n) is 1.57. The first-order chi connectivity index (χ1) is 5.63. The highest BCUT2D eigenvalue weighted by Gasteiger charge is 2.12. The quantitative estimate of drug-likeness (QED) is 0.515. The van der Waals surface area contributed by atoms with Crippen LogP contribution >= 0.6 is 0 Å². The molecule has 0 aromatic heterocycles. The summed E-state index contributed by atoms with van der Waals surface area (Å²) < 4.78 is 0. The Kier molecular flexibility index (Phi) is 6.14. The van der Waals surface area contributed by atoms with Crippen LogP contribution in [0.2, 0.25) is 0 Å². The molecule has 0 amide bonds. The van der Waals surface area contributed by atoms with Crippen molar-refractivity contribution in [2.45, 2.75) is 53.4 Å². The first kappa shape index (κ1) is 11.7. The van der Waals surface area contributed by atoms with Crippen molar-refractivity contribution in [3.63, 3.8) is 0 Å². The van der Waals surface area contributed by atoms with Crippen LogP contribution in [0.1, 0.15) is 53.4 Å². The largest absolute Gasteiger partial charge is 0.0993 e. The van der Waals surface area contributed by atoms with Gasteiger partial charge in [0.05, 0.1) is 0 Å². The molecule has 0 spiro atoms. The summed E-state index contributed by atoms with van der Waals surface area (Å²) in [6.45, 7) is 13.2. The minimum atomic E-state index is 0.659. The maximum atomic E-state index is 4.18. The maximum absolute atomic E-state index is 4.18. The van der Waals surface area contributed by atoms with Gasteiger partial charge < -0.3 is 0 Å². The van der Waals surface area contributed by atoms with Gasteiger partial charge in [-0.3, -0.25) is 0 Å². The molecular weight excluding hydrogens is 144 g/mol. The van der Waals surface area contributed by atoms with Gasteiger partial charge in [-0.05, 0) is 24.7 Å². The van der Waals surface area contributed by atoms with Crippen LogP contribution in [0.4, 0.5) is 0 Å². The lowest BCUT2D eigenvalue weighted by Gasteiger charge is -2.20. The predicted molar refractivity (Wildman–Crippen MR) is 57.3 cm³/mol. The van der Waals surface area contributed by atoms with Crippen molar-refractivity contribution in [2.75, 3.05) is 0 Å². The molecular formula is C12H24. The Hall–Kier alpha value is -0.260. The second-order valence-electron chi connectivity index (χ2n) is 3.98. The van der Waals surface area contributed by atoms with Gasteiger partial charge in [0, 0.05) is 0 Å². The number of allylic oxidation sites excluding steroid dienone is 1. The van der Waals surface area contributed by atoms with Gasteiger partial charge in [0.1, 0.15) is 0 Å². The van der Waals surface area contributed by atoms with Crippen LogP contribution in [0.25, 0.3) is 0 Å². The minimum Gasteiger partial charge on any atom is -0.0993 e. The van der Waals surface area contributed by atoms with E-state index in [1.807, 2.05) is 0 Å². The van der Waals surface area contributed by atoms with Gasteiger partial charge in [-0.15, -0.1) is 0 Å². The summed E-state index contributed by atoms with van der Waals surface area (Å²) in [7, 11) is 0. The van der Waals surface area contributed by atoms with Crippen molar-refractivity contribution >= 4 is 0 Å². The molecule has 1 atom stereocenters. The van der Waals surface area contributed by atoms with E-state index in [9.17, 15) is 0 Å². The van der Waals surface area contributed by atoms with Crippen LogP contribution in [0.15, 0.2) is 12.2 Å². The Morgan fingerprint density at radius 2 is 1.83 bits per heavy atom. The van der Waals surface area contributed by atoms with E-state index in [1.165, 1.54) is 31.3 Å². The third-order valence-corrected chi connectivity index (χ3v) is 2.66. The molecule has 0 rings (SSSR count). The standard InChI is InChI=1S/C12H24/c1-6-8-9-12(7-2)11(5)10(3)4/h10,12H,5-9H2,1-4H3. The summed E-state index contributed by atoms with van der Waals surface area (Å²) in [5, 5.41) is 0. The van der Waals surface area contributed by atoms with Crippen LogP contribution < -0.4 is 0 Å². The zero-order valence-corrected chi connectivity index (χ0v) is 9.19. The molecule has 0 aliphatic rings. The van der Waals surface area contributed by atoms with Crippen LogP contribution in [-0.2, 0) is 0 Å². The number of hydrogen-bond acceptors (Lipinski definition) is 0. The third kappa shape index (κ3) is 3.94. The van der Waals surface area contributed by atoms with E-state index in [2.05, 4.69) is 34.3 Å². The minimum absolute atomic E-state index is 0.659. The van der Waals surface area contributed by atoms with Crippen molar-refractivity contribution in [3.8, 4) is 0 Å². The number of unbranched alkanes of at least 4 members (excludes halogenated alkanes) is 1. The molecule has 12 heavy (non-hydrogen) atoms. The van der Waals surface area contributed by atoms with Gasteiger partial charge in [-0.2, -0.15) is 0 Å². The van der Waals surface area contributed by atoms with Gasteiger partial charge in [-0.25, -0.2) is 0 Å². The number of hydrogen-bond donors (Lipinski definition) is 0. The molecule has 0 bridgehead atoms. The van der Waals surface area contributed by atoms with Crippen LogP contribution in [-0.4, -0.2) is 0 Å². The summed E-state index contributed by atoms with van der Waals surface area (Å²) in [4.78, 5) is 0. The molecule has 0 fully saturated rings. The van der Waals surface area contributed by atoms with E-state index in [0.29, 0.717) is 5.92 Å². The Balaban J connectivity index is 3.88. The van der Waals surface area contributed by atoms with Gasteiger partial charge in [-0.1, -0.05) is 52.7 Å². The van der Waals surface area contributed by atoms with Crippen molar-refractivity contribution in [2.24, 2.45) is 11.8 Å². The molecule has 1 unspecified atom stereocenters. The molecule has 0 heteroatoms. The predicted octanol–water partition coefficient (Wildman–Crippen LogP) is 4.42. The van der Waals surface area contributed by atoms with Crippen molar-refractivity contribution in [1.29, 1.82) is 0 Å². The molecule has 0 radical (unpaired) electrons. The van der Waals surface area contributed by atoms with E-state index in [-0.39, 0.29) is 0 Å².